The van der Waals surface area contributed by atoms with Crippen LogP contribution in [-0.2, 0) is 17.8 Å². The lowest BCUT2D eigenvalue weighted by atomic mass is 10.2. The highest BCUT2D eigenvalue weighted by Gasteiger charge is 2.16. The largest absolute Gasteiger partial charge is 0.487 e. The lowest BCUT2D eigenvalue weighted by Crippen LogP contribution is -2.30. The van der Waals surface area contributed by atoms with Crippen molar-refractivity contribution in [3.63, 3.8) is 0 Å². The lowest BCUT2D eigenvalue weighted by Gasteiger charge is -2.14. The third-order valence-electron chi connectivity index (χ3n) is 2.99. The molecule has 116 valence electrons. The molecule has 1 heterocycles. The standard InChI is InChI=1S/C16H16BrNO4/c1-3-13-9-18(22-11(2)19)16(20)14(17)15(13)21-10-12-7-5-4-6-8-12/h4-9H,3,10H2,1-2H3. The van der Waals surface area contributed by atoms with E-state index < -0.39 is 11.5 Å². The molecule has 0 spiro atoms. The molecule has 0 saturated carbocycles. The van der Waals surface area contributed by atoms with Crippen molar-refractivity contribution in [1.29, 1.82) is 0 Å². The van der Waals surface area contributed by atoms with Gasteiger partial charge in [0.15, 0.2) is 0 Å². The van der Waals surface area contributed by atoms with Crippen LogP contribution in [0.1, 0.15) is 25.0 Å². The highest BCUT2D eigenvalue weighted by atomic mass is 79.9. The predicted octanol–water partition coefficient (Wildman–Crippen LogP) is 2.73. The van der Waals surface area contributed by atoms with Crippen LogP contribution in [0.25, 0.3) is 0 Å². The molecule has 0 aliphatic carbocycles. The third-order valence-corrected chi connectivity index (χ3v) is 3.69. The summed E-state index contributed by atoms with van der Waals surface area (Å²) in [7, 11) is 0. The Balaban J connectivity index is 2.32. The maximum absolute atomic E-state index is 12.2. The van der Waals surface area contributed by atoms with Gasteiger partial charge in [-0.05, 0) is 27.9 Å². The second kappa shape index (κ2) is 7.26. The number of aryl methyl sites for hydroxylation is 1. The fourth-order valence-corrected chi connectivity index (χ4v) is 2.48. The van der Waals surface area contributed by atoms with E-state index in [-0.39, 0.29) is 4.47 Å². The lowest BCUT2D eigenvalue weighted by molar-refractivity contribution is -0.142. The highest BCUT2D eigenvalue weighted by Crippen LogP contribution is 2.27. The molecule has 0 amide bonds. The van der Waals surface area contributed by atoms with E-state index in [0.29, 0.717) is 18.8 Å². The Kier molecular flexibility index (Phi) is 5.38. The van der Waals surface area contributed by atoms with Gasteiger partial charge >= 0.3 is 11.5 Å². The molecule has 6 heteroatoms. The number of carbonyl (C=O) groups is 1. The predicted molar refractivity (Wildman–Crippen MR) is 85.8 cm³/mol. The molecule has 5 nitrogen and oxygen atoms in total. The van der Waals surface area contributed by atoms with Gasteiger partial charge in [0, 0.05) is 12.5 Å². The Bertz CT molecular complexity index is 725. The Labute approximate surface area is 136 Å². The van der Waals surface area contributed by atoms with Gasteiger partial charge < -0.3 is 9.57 Å². The summed E-state index contributed by atoms with van der Waals surface area (Å²) in [6.45, 7) is 3.52. The zero-order chi connectivity index (χ0) is 16.1. The van der Waals surface area contributed by atoms with Crippen LogP contribution in [-0.4, -0.2) is 10.7 Å². The summed E-state index contributed by atoms with van der Waals surface area (Å²) in [6.07, 6.45) is 2.11. The molecule has 0 N–H and O–H groups in total. The number of pyridine rings is 1. The van der Waals surface area contributed by atoms with Gasteiger partial charge in [-0.3, -0.25) is 4.79 Å². The van der Waals surface area contributed by atoms with Gasteiger partial charge in [-0.1, -0.05) is 37.3 Å². The second-order valence-corrected chi connectivity index (χ2v) is 5.43. The van der Waals surface area contributed by atoms with Crippen molar-refractivity contribution in [2.24, 2.45) is 0 Å². The van der Waals surface area contributed by atoms with Crippen LogP contribution in [0.2, 0.25) is 0 Å². The van der Waals surface area contributed by atoms with Crippen LogP contribution < -0.4 is 15.1 Å². The van der Waals surface area contributed by atoms with E-state index in [2.05, 4.69) is 15.9 Å². The average molecular weight is 366 g/mol. The average Bonchev–Trinajstić information content (AvgIpc) is 2.51. The van der Waals surface area contributed by atoms with Crippen LogP contribution in [0.5, 0.6) is 5.75 Å². The van der Waals surface area contributed by atoms with Gasteiger partial charge in [0.1, 0.15) is 16.8 Å². The quantitative estimate of drug-likeness (QED) is 0.817. The molecule has 2 aromatic rings. The van der Waals surface area contributed by atoms with Crippen molar-refractivity contribution in [2.75, 3.05) is 0 Å². The van der Waals surface area contributed by atoms with Gasteiger partial charge in [-0.25, -0.2) is 4.79 Å². The maximum atomic E-state index is 12.2. The molecule has 0 radical (unpaired) electrons. The van der Waals surface area contributed by atoms with Crippen LogP contribution in [0, 0.1) is 0 Å². The first-order chi connectivity index (χ1) is 10.5. The van der Waals surface area contributed by atoms with Crippen molar-refractivity contribution in [1.82, 2.24) is 4.73 Å². The van der Waals surface area contributed by atoms with Gasteiger partial charge in [0.25, 0.3) is 0 Å². The van der Waals surface area contributed by atoms with Crippen LogP contribution in [0.4, 0.5) is 0 Å². The minimum absolute atomic E-state index is 0.240. The van der Waals surface area contributed by atoms with E-state index in [1.807, 2.05) is 37.3 Å². The third kappa shape index (κ3) is 3.76. The van der Waals surface area contributed by atoms with Crippen molar-refractivity contribution < 1.29 is 14.4 Å². The molecule has 0 fully saturated rings. The van der Waals surface area contributed by atoms with E-state index in [0.717, 1.165) is 15.9 Å². The molecule has 0 saturated heterocycles. The molecular formula is C16H16BrNO4. The Hall–Kier alpha value is -2.08. The van der Waals surface area contributed by atoms with Gasteiger partial charge in [0.2, 0.25) is 0 Å². The van der Waals surface area contributed by atoms with Gasteiger partial charge in [-0.15, -0.1) is 4.73 Å². The van der Waals surface area contributed by atoms with Gasteiger partial charge in [-0.2, -0.15) is 0 Å². The summed E-state index contributed by atoms with van der Waals surface area (Å²) in [5, 5.41) is 0. The summed E-state index contributed by atoms with van der Waals surface area (Å²) in [4.78, 5) is 28.1. The summed E-state index contributed by atoms with van der Waals surface area (Å²) in [5.74, 6) is -0.0891. The molecule has 0 bridgehead atoms. The normalized spacial score (nSPS) is 10.3. The van der Waals surface area contributed by atoms with Crippen molar-refractivity contribution in [2.45, 2.75) is 26.9 Å². The Morgan fingerprint density at radius 3 is 2.55 bits per heavy atom. The van der Waals surface area contributed by atoms with E-state index in [4.69, 9.17) is 9.57 Å². The Morgan fingerprint density at radius 2 is 1.95 bits per heavy atom. The number of rotatable bonds is 5. The fourth-order valence-electron chi connectivity index (χ4n) is 1.94. The van der Waals surface area contributed by atoms with E-state index >= 15 is 0 Å². The number of benzene rings is 1. The summed E-state index contributed by atoms with van der Waals surface area (Å²) in [6, 6.07) is 9.66. The molecule has 1 aromatic carbocycles. The second-order valence-electron chi connectivity index (χ2n) is 4.64. The number of ether oxygens (including phenoxy) is 1. The number of halogens is 1. The van der Waals surface area contributed by atoms with Crippen LogP contribution in [0.15, 0.2) is 45.8 Å². The number of hydrogen-bond acceptors (Lipinski definition) is 4. The molecule has 1 aromatic heterocycles. The summed E-state index contributed by atoms with van der Waals surface area (Å²) >= 11 is 3.24. The SMILES string of the molecule is CCc1cn(OC(C)=O)c(=O)c(Br)c1OCc1ccccc1. The number of carbonyl (C=O) groups excluding carboxylic acids is 1. The monoisotopic (exact) mass is 365 g/mol. The maximum Gasteiger partial charge on any atom is 0.330 e. The topological polar surface area (TPSA) is 57.5 Å². The van der Waals surface area contributed by atoms with Crippen molar-refractivity contribution in [3.8, 4) is 5.75 Å². The molecule has 22 heavy (non-hydrogen) atoms. The van der Waals surface area contributed by atoms with E-state index in [9.17, 15) is 9.59 Å². The number of aromatic nitrogens is 1. The molecule has 0 aliphatic heterocycles. The minimum atomic E-state index is -0.561. The first-order valence-corrected chi connectivity index (χ1v) is 7.62. The van der Waals surface area contributed by atoms with Crippen molar-refractivity contribution in [3.05, 3.63) is 62.5 Å². The molecule has 2 rings (SSSR count). The zero-order valence-corrected chi connectivity index (χ0v) is 13.9. The zero-order valence-electron chi connectivity index (χ0n) is 12.3. The first-order valence-electron chi connectivity index (χ1n) is 6.82. The molecule has 0 aliphatic rings. The van der Waals surface area contributed by atoms with Crippen LogP contribution >= 0.6 is 15.9 Å². The van der Waals surface area contributed by atoms with Gasteiger partial charge in [0.05, 0.1) is 6.20 Å². The van der Waals surface area contributed by atoms with Crippen LogP contribution in [0.3, 0.4) is 0 Å². The van der Waals surface area contributed by atoms with E-state index in [1.54, 1.807) is 0 Å². The number of hydrogen-bond donors (Lipinski definition) is 0. The highest BCUT2D eigenvalue weighted by molar-refractivity contribution is 9.10. The summed E-state index contributed by atoms with van der Waals surface area (Å²) < 4.78 is 6.94. The molecular weight excluding hydrogens is 350 g/mol. The van der Waals surface area contributed by atoms with Crippen molar-refractivity contribution >= 4 is 21.9 Å². The van der Waals surface area contributed by atoms with E-state index in [1.165, 1.54) is 13.1 Å². The molecule has 0 atom stereocenters. The first kappa shape index (κ1) is 16.3. The smallest absolute Gasteiger partial charge is 0.330 e. The summed E-state index contributed by atoms with van der Waals surface area (Å²) in [5.41, 5.74) is 1.29. The molecule has 0 unspecified atom stereocenters. The fraction of sp³-hybridized carbons (Fsp3) is 0.250. The Morgan fingerprint density at radius 1 is 1.27 bits per heavy atom. The number of nitrogens with zero attached hydrogens (tertiary/aromatic N) is 1. The minimum Gasteiger partial charge on any atom is -0.487 e.